The smallest absolute Gasteiger partial charge is 0.220 e. The summed E-state index contributed by atoms with van der Waals surface area (Å²) in [5.74, 6) is 0.122. The maximum Gasteiger partial charge on any atom is 0.220 e. The highest BCUT2D eigenvalue weighted by molar-refractivity contribution is 5.76. The van der Waals surface area contributed by atoms with Gasteiger partial charge in [0.1, 0.15) is 12.7 Å². The van der Waals surface area contributed by atoms with Gasteiger partial charge in [-0.3, -0.25) is 9.48 Å². The van der Waals surface area contributed by atoms with Gasteiger partial charge in [0.25, 0.3) is 0 Å². The lowest BCUT2D eigenvalue weighted by Crippen LogP contribution is -2.37. The molecule has 116 valence electrons. The summed E-state index contributed by atoms with van der Waals surface area (Å²) in [6.07, 6.45) is 11.7. The molecule has 1 aromatic heterocycles. The van der Waals surface area contributed by atoms with Crippen molar-refractivity contribution < 1.29 is 9.53 Å². The van der Waals surface area contributed by atoms with Crippen molar-refractivity contribution in [3.63, 3.8) is 0 Å². The topological polar surface area (TPSA) is 69.0 Å². The van der Waals surface area contributed by atoms with E-state index in [9.17, 15) is 4.79 Å². The summed E-state index contributed by atoms with van der Waals surface area (Å²) >= 11 is 0. The number of carbonyl (C=O) groups excluding carboxylic acids is 1. The molecule has 0 aromatic carbocycles. The van der Waals surface area contributed by atoms with Crippen LogP contribution in [0.5, 0.6) is 0 Å². The molecule has 6 heteroatoms. The first-order valence-corrected chi connectivity index (χ1v) is 8.02. The number of amides is 1. The quantitative estimate of drug-likeness (QED) is 0.896. The van der Waals surface area contributed by atoms with Crippen molar-refractivity contribution in [1.82, 2.24) is 20.1 Å². The van der Waals surface area contributed by atoms with Crippen LogP contribution in [-0.2, 0) is 16.1 Å². The van der Waals surface area contributed by atoms with E-state index >= 15 is 0 Å². The fraction of sp³-hybridized carbons (Fsp3) is 0.800. The molecular formula is C15H24N4O2. The molecule has 0 unspecified atom stereocenters. The van der Waals surface area contributed by atoms with Gasteiger partial charge >= 0.3 is 0 Å². The van der Waals surface area contributed by atoms with E-state index in [1.807, 2.05) is 0 Å². The van der Waals surface area contributed by atoms with Crippen LogP contribution in [0.15, 0.2) is 12.7 Å². The zero-order valence-corrected chi connectivity index (χ0v) is 12.5. The van der Waals surface area contributed by atoms with Crippen LogP contribution >= 0.6 is 0 Å². The summed E-state index contributed by atoms with van der Waals surface area (Å²) < 4.78 is 7.77. The Morgan fingerprint density at radius 2 is 2.24 bits per heavy atom. The Morgan fingerprint density at radius 3 is 3.00 bits per heavy atom. The van der Waals surface area contributed by atoms with Crippen LogP contribution in [0.1, 0.15) is 51.4 Å². The highest BCUT2D eigenvalue weighted by atomic mass is 16.5. The number of aryl methyl sites for hydroxylation is 1. The van der Waals surface area contributed by atoms with Crippen molar-refractivity contribution in [2.45, 2.75) is 69.6 Å². The van der Waals surface area contributed by atoms with Crippen molar-refractivity contribution in [3.8, 4) is 0 Å². The van der Waals surface area contributed by atoms with Crippen LogP contribution in [0.3, 0.4) is 0 Å². The number of nitrogens with one attached hydrogen (secondary N) is 1. The SMILES string of the molecule is O=C(CCCn1cncn1)N[C@H]1COC2(CCCCC2)C1. The van der Waals surface area contributed by atoms with Gasteiger partial charge in [0, 0.05) is 13.0 Å². The Balaban J connectivity index is 1.37. The second kappa shape index (κ2) is 6.56. The third-order valence-electron chi connectivity index (χ3n) is 4.60. The minimum Gasteiger partial charge on any atom is -0.373 e. The van der Waals surface area contributed by atoms with E-state index < -0.39 is 0 Å². The highest BCUT2D eigenvalue weighted by Gasteiger charge is 2.41. The molecular weight excluding hydrogens is 268 g/mol. The Morgan fingerprint density at radius 1 is 1.38 bits per heavy atom. The second-order valence-corrected chi connectivity index (χ2v) is 6.29. The van der Waals surface area contributed by atoms with E-state index in [1.54, 1.807) is 11.0 Å². The third-order valence-corrected chi connectivity index (χ3v) is 4.60. The van der Waals surface area contributed by atoms with Crippen LogP contribution in [-0.4, -0.2) is 38.9 Å². The first-order valence-electron chi connectivity index (χ1n) is 8.02. The molecule has 2 aliphatic rings. The van der Waals surface area contributed by atoms with Gasteiger partial charge in [0.15, 0.2) is 0 Å². The molecule has 1 aliphatic carbocycles. The highest BCUT2D eigenvalue weighted by Crippen LogP contribution is 2.39. The van der Waals surface area contributed by atoms with E-state index in [4.69, 9.17) is 4.74 Å². The molecule has 0 radical (unpaired) electrons. The Kier molecular flexibility index (Phi) is 4.53. The van der Waals surface area contributed by atoms with Crippen molar-refractivity contribution in [3.05, 3.63) is 12.7 Å². The fourth-order valence-corrected chi connectivity index (χ4v) is 3.53. The summed E-state index contributed by atoms with van der Waals surface area (Å²) in [6.45, 7) is 1.41. The van der Waals surface area contributed by atoms with Gasteiger partial charge in [-0.05, 0) is 25.7 Å². The van der Waals surface area contributed by atoms with Crippen molar-refractivity contribution in [2.75, 3.05) is 6.61 Å². The van der Waals surface area contributed by atoms with E-state index in [-0.39, 0.29) is 17.6 Å². The molecule has 0 bridgehead atoms. The zero-order chi connectivity index (χ0) is 14.5. The van der Waals surface area contributed by atoms with E-state index in [0.29, 0.717) is 13.0 Å². The molecule has 1 amide bonds. The molecule has 21 heavy (non-hydrogen) atoms. The Hall–Kier alpha value is -1.43. The summed E-state index contributed by atoms with van der Waals surface area (Å²) in [7, 11) is 0. The van der Waals surface area contributed by atoms with Crippen molar-refractivity contribution >= 4 is 5.91 Å². The molecule has 1 aliphatic heterocycles. The number of carbonyl (C=O) groups is 1. The zero-order valence-electron chi connectivity index (χ0n) is 12.5. The summed E-state index contributed by atoms with van der Waals surface area (Å²) in [4.78, 5) is 15.9. The molecule has 6 nitrogen and oxygen atoms in total. The monoisotopic (exact) mass is 292 g/mol. The number of aromatic nitrogens is 3. The summed E-state index contributed by atoms with van der Waals surface area (Å²) in [5, 5.41) is 7.15. The van der Waals surface area contributed by atoms with Crippen molar-refractivity contribution in [1.29, 1.82) is 0 Å². The van der Waals surface area contributed by atoms with E-state index in [2.05, 4.69) is 15.4 Å². The lowest BCUT2D eigenvalue weighted by Gasteiger charge is -2.32. The lowest BCUT2D eigenvalue weighted by molar-refractivity contribution is -0.121. The number of hydrogen-bond acceptors (Lipinski definition) is 4. The van der Waals surface area contributed by atoms with Gasteiger partial charge < -0.3 is 10.1 Å². The molecule has 1 N–H and O–H groups in total. The largest absolute Gasteiger partial charge is 0.373 e. The Bertz CT molecular complexity index is 454. The molecule has 1 saturated carbocycles. The molecule has 1 aromatic rings. The van der Waals surface area contributed by atoms with E-state index in [1.165, 1.54) is 25.6 Å². The third kappa shape index (κ3) is 3.81. The molecule has 2 fully saturated rings. The Labute approximate surface area is 125 Å². The van der Waals surface area contributed by atoms with Gasteiger partial charge in [-0.1, -0.05) is 19.3 Å². The van der Waals surface area contributed by atoms with Gasteiger partial charge in [-0.2, -0.15) is 5.10 Å². The molecule has 1 spiro atoms. The predicted octanol–water partition coefficient (Wildman–Crippen LogP) is 1.67. The number of nitrogens with zero attached hydrogens (tertiary/aromatic N) is 3. The maximum absolute atomic E-state index is 12.0. The van der Waals surface area contributed by atoms with Crippen LogP contribution in [0.25, 0.3) is 0 Å². The minimum atomic E-state index is 0.0664. The second-order valence-electron chi connectivity index (χ2n) is 6.29. The molecule has 1 saturated heterocycles. The molecule has 2 heterocycles. The first-order chi connectivity index (χ1) is 10.3. The van der Waals surface area contributed by atoms with Gasteiger partial charge in [0.2, 0.25) is 5.91 Å². The first kappa shape index (κ1) is 14.5. The van der Waals surface area contributed by atoms with Crippen LogP contribution < -0.4 is 5.32 Å². The van der Waals surface area contributed by atoms with Crippen LogP contribution in [0.2, 0.25) is 0 Å². The van der Waals surface area contributed by atoms with Gasteiger partial charge in [-0.25, -0.2) is 4.98 Å². The standard InChI is InChI=1S/C15H24N4O2/c20-14(5-4-8-19-12-16-11-17-19)18-13-9-15(21-10-13)6-2-1-3-7-15/h11-13H,1-10H2,(H,18,20)/t13-/m1/s1. The van der Waals surface area contributed by atoms with Gasteiger partial charge in [0.05, 0.1) is 18.2 Å². The van der Waals surface area contributed by atoms with Gasteiger partial charge in [-0.15, -0.1) is 0 Å². The number of hydrogen-bond donors (Lipinski definition) is 1. The fourth-order valence-electron chi connectivity index (χ4n) is 3.53. The van der Waals surface area contributed by atoms with Crippen LogP contribution in [0, 0.1) is 0 Å². The average molecular weight is 292 g/mol. The number of ether oxygens (including phenoxy) is 1. The van der Waals surface area contributed by atoms with Crippen molar-refractivity contribution in [2.24, 2.45) is 0 Å². The number of rotatable bonds is 5. The molecule has 1 atom stereocenters. The average Bonchev–Trinajstić information content (AvgIpc) is 3.11. The molecule has 3 rings (SSSR count). The predicted molar refractivity (Wildman–Crippen MR) is 77.6 cm³/mol. The summed E-state index contributed by atoms with van der Waals surface area (Å²) in [5.41, 5.74) is 0.0664. The van der Waals surface area contributed by atoms with E-state index in [0.717, 1.165) is 32.2 Å². The maximum atomic E-state index is 12.0. The minimum absolute atomic E-state index is 0.0664. The normalized spacial score (nSPS) is 24.3. The van der Waals surface area contributed by atoms with Crippen LogP contribution in [0.4, 0.5) is 0 Å². The summed E-state index contributed by atoms with van der Waals surface area (Å²) in [6, 6.07) is 0.196. The lowest BCUT2D eigenvalue weighted by atomic mass is 9.82.